The molecule has 8 nitrogen and oxygen atoms in total. The summed E-state index contributed by atoms with van der Waals surface area (Å²) in [7, 11) is 1.64. The van der Waals surface area contributed by atoms with Crippen molar-refractivity contribution in [3.63, 3.8) is 0 Å². The lowest BCUT2D eigenvalue weighted by atomic mass is 10.1. The van der Waals surface area contributed by atoms with Crippen molar-refractivity contribution in [3.8, 4) is 5.75 Å². The third-order valence-corrected chi connectivity index (χ3v) is 8.20. The number of thiazole rings is 1. The molecule has 4 heterocycles. The molecule has 38 heavy (non-hydrogen) atoms. The van der Waals surface area contributed by atoms with Crippen LogP contribution < -0.4 is 20.8 Å². The van der Waals surface area contributed by atoms with Gasteiger partial charge in [0.15, 0.2) is 0 Å². The number of ether oxygens (including phenoxy) is 1. The Labute approximate surface area is 223 Å². The fraction of sp³-hybridized carbons (Fsp3) is 0.276. The number of rotatable bonds is 8. The Morgan fingerprint density at radius 2 is 1.95 bits per heavy atom. The fourth-order valence-corrected chi connectivity index (χ4v) is 6.28. The Morgan fingerprint density at radius 1 is 1.11 bits per heavy atom. The van der Waals surface area contributed by atoms with E-state index in [1.807, 2.05) is 52.9 Å². The summed E-state index contributed by atoms with van der Waals surface area (Å²) < 4.78 is 8.25. The van der Waals surface area contributed by atoms with Crippen LogP contribution in [0.15, 0.2) is 65.6 Å². The fourth-order valence-electron chi connectivity index (χ4n) is 5.10. The van der Waals surface area contributed by atoms with E-state index in [-0.39, 0.29) is 16.9 Å². The molecule has 194 valence electrons. The lowest BCUT2D eigenvalue weighted by molar-refractivity contribution is 0.0950. The van der Waals surface area contributed by atoms with E-state index < -0.39 is 0 Å². The highest BCUT2D eigenvalue weighted by Crippen LogP contribution is 2.31. The number of pyridine rings is 2. The van der Waals surface area contributed by atoms with E-state index in [0.29, 0.717) is 34.6 Å². The van der Waals surface area contributed by atoms with E-state index in [2.05, 4.69) is 15.5 Å². The van der Waals surface area contributed by atoms with Gasteiger partial charge in [0.25, 0.3) is 5.91 Å². The smallest absolute Gasteiger partial charge is 0.258 e. The van der Waals surface area contributed by atoms with Crippen LogP contribution >= 0.6 is 11.3 Å². The molecule has 6 rings (SSSR count). The molecule has 9 heteroatoms. The SMILES string of the molecule is COc1cccc(CNc2cnc3c(c2)c(=O)c(C(=O)NCCN2CCCC2)c2sc4ccccc4n23)c1. The standard InChI is InChI=1S/C29H29N5O3S/c1-37-21-8-6-7-19(15-21)17-31-20-16-22-26(35)25(28(36)30-11-14-33-12-4-5-13-33)29-34(27(22)32-18-20)23-9-2-3-10-24(23)38-29/h2-3,6-10,15-16,18,31H,4-5,11-14,17H2,1H3,(H,30,36). The van der Waals surface area contributed by atoms with Crippen molar-refractivity contribution < 1.29 is 9.53 Å². The van der Waals surface area contributed by atoms with Crippen molar-refractivity contribution in [1.29, 1.82) is 0 Å². The average molecular weight is 528 g/mol. The van der Waals surface area contributed by atoms with Gasteiger partial charge in [-0.3, -0.25) is 14.0 Å². The number of carbonyl (C=O) groups is 1. The summed E-state index contributed by atoms with van der Waals surface area (Å²) in [6, 6.07) is 17.5. The Balaban J connectivity index is 1.39. The van der Waals surface area contributed by atoms with E-state index in [1.165, 1.54) is 24.2 Å². The Hall–Kier alpha value is -3.95. The van der Waals surface area contributed by atoms with Gasteiger partial charge < -0.3 is 20.3 Å². The minimum Gasteiger partial charge on any atom is -0.497 e. The second kappa shape index (κ2) is 10.4. The van der Waals surface area contributed by atoms with Gasteiger partial charge in [-0.1, -0.05) is 24.3 Å². The van der Waals surface area contributed by atoms with Gasteiger partial charge in [-0.15, -0.1) is 11.3 Å². The van der Waals surface area contributed by atoms with E-state index in [0.717, 1.165) is 41.2 Å². The highest BCUT2D eigenvalue weighted by Gasteiger charge is 2.23. The molecule has 0 unspecified atom stereocenters. The highest BCUT2D eigenvalue weighted by molar-refractivity contribution is 7.24. The summed E-state index contributed by atoms with van der Waals surface area (Å²) in [5.74, 6) is 0.446. The molecule has 0 spiro atoms. The summed E-state index contributed by atoms with van der Waals surface area (Å²) in [6.45, 7) is 3.96. The van der Waals surface area contributed by atoms with E-state index in [4.69, 9.17) is 9.72 Å². The maximum atomic E-state index is 13.8. The van der Waals surface area contributed by atoms with Gasteiger partial charge >= 0.3 is 0 Å². The van der Waals surface area contributed by atoms with Crippen LogP contribution in [0.1, 0.15) is 28.8 Å². The third kappa shape index (κ3) is 4.59. The first-order valence-electron chi connectivity index (χ1n) is 12.9. The van der Waals surface area contributed by atoms with Crippen molar-refractivity contribution in [2.45, 2.75) is 19.4 Å². The van der Waals surface area contributed by atoms with Crippen molar-refractivity contribution in [2.75, 3.05) is 38.6 Å². The number of hydrogen-bond acceptors (Lipinski definition) is 7. The molecule has 2 aromatic carbocycles. The third-order valence-electron chi connectivity index (χ3n) is 7.05. The predicted molar refractivity (Wildman–Crippen MR) is 153 cm³/mol. The normalized spacial score (nSPS) is 13.9. The highest BCUT2D eigenvalue weighted by atomic mass is 32.1. The average Bonchev–Trinajstić information content (AvgIpc) is 3.60. The summed E-state index contributed by atoms with van der Waals surface area (Å²) in [4.78, 5) is 34.9. The molecule has 1 amide bonds. The van der Waals surface area contributed by atoms with Crippen molar-refractivity contribution in [2.24, 2.45) is 0 Å². The number of hydrogen-bond donors (Lipinski definition) is 2. The van der Waals surface area contributed by atoms with Gasteiger partial charge in [-0.05, 0) is 61.8 Å². The minimum absolute atomic E-state index is 0.173. The number of anilines is 1. The lowest BCUT2D eigenvalue weighted by Crippen LogP contribution is -2.35. The van der Waals surface area contributed by atoms with Gasteiger partial charge in [-0.2, -0.15) is 0 Å². The number of fused-ring (bicyclic) bond motifs is 5. The number of aromatic nitrogens is 2. The van der Waals surface area contributed by atoms with Crippen molar-refractivity contribution in [3.05, 3.63) is 82.1 Å². The molecule has 3 aromatic heterocycles. The van der Waals surface area contributed by atoms with Crippen molar-refractivity contribution >= 4 is 49.0 Å². The molecular formula is C29H29N5O3S. The van der Waals surface area contributed by atoms with Gasteiger partial charge in [0.1, 0.15) is 21.8 Å². The number of nitrogens with one attached hydrogen (secondary N) is 2. The zero-order chi connectivity index (χ0) is 26.1. The maximum Gasteiger partial charge on any atom is 0.258 e. The Bertz CT molecular complexity index is 1700. The number of carbonyl (C=O) groups excluding carboxylic acids is 1. The molecule has 1 fully saturated rings. The molecule has 0 aliphatic carbocycles. The summed E-state index contributed by atoms with van der Waals surface area (Å²) in [5.41, 5.74) is 3.08. The molecule has 1 aliphatic rings. The second-order valence-corrected chi connectivity index (χ2v) is 10.6. The number of nitrogens with zero attached hydrogens (tertiary/aromatic N) is 3. The minimum atomic E-state index is -0.338. The maximum absolute atomic E-state index is 13.8. The predicted octanol–water partition coefficient (Wildman–Crippen LogP) is 4.51. The van der Waals surface area contributed by atoms with Gasteiger partial charge in [0.05, 0.1) is 34.6 Å². The Morgan fingerprint density at radius 3 is 2.79 bits per heavy atom. The van der Waals surface area contributed by atoms with E-state index in [1.54, 1.807) is 19.4 Å². The molecule has 0 saturated carbocycles. The summed E-state index contributed by atoms with van der Waals surface area (Å²) in [6.07, 6.45) is 4.13. The van der Waals surface area contributed by atoms with Crippen LogP contribution in [0.3, 0.4) is 0 Å². The van der Waals surface area contributed by atoms with Crippen LogP contribution in [0.4, 0.5) is 5.69 Å². The molecule has 5 aromatic rings. The zero-order valence-electron chi connectivity index (χ0n) is 21.2. The summed E-state index contributed by atoms with van der Waals surface area (Å²) >= 11 is 1.44. The number of benzene rings is 2. The molecule has 0 atom stereocenters. The second-order valence-electron chi connectivity index (χ2n) is 9.52. The Kier molecular flexibility index (Phi) is 6.70. The first-order valence-corrected chi connectivity index (χ1v) is 13.7. The molecule has 0 radical (unpaired) electrons. The van der Waals surface area contributed by atoms with Gasteiger partial charge in [0.2, 0.25) is 5.43 Å². The zero-order valence-corrected chi connectivity index (χ0v) is 22.0. The van der Waals surface area contributed by atoms with Gasteiger partial charge in [-0.25, -0.2) is 4.98 Å². The molecule has 2 N–H and O–H groups in total. The van der Waals surface area contributed by atoms with E-state index >= 15 is 0 Å². The number of methoxy groups -OCH3 is 1. The summed E-state index contributed by atoms with van der Waals surface area (Å²) in [5, 5.41) is 6.77. The first-order chi connectivity index (χ1) is 18.6. The van der Waals surface area contributed by atoms with Crippen LogP contribution in [0, 0.1) is 0 Å². The molecule has 1 aliphatic heterocycles. The number of amides is 1. The lowest BCUT2D eigenvalue weighted by Gasteiger charge is -2.15. The number of likely N-dealkylation sites (tertiary alicyclic amines) is 1. The van der Waals surface area contributed by atoms with Crippen LogP contribution in [0.2, 0.25) is 0 Å². The van der Waals surface area contributed by atoms with Crippen LogP contribution in [-0.4, -0.2) is 53.5 Å². The molecule has 0 bridgehead atoms. The van der Waals surface area contributed by atoms with Crippen LogP contribution in [-0.2, 0) is 6.54 Å². The van der Waals surface area contributed by atoms with Crippen molar-refractivity contribution in [1.82, 2.24) is 19.6 Å². The quantitative estimate of drug-likeness (QED) is 0.309. The molecule has 1 saturated heterocycles. The molecular weight excluding hydrogens is 498 g/mol. The largest absolute Gasteiger partial charge is 0.497 e. The topological polar surface area (TPSA) is 88.0 Å². The first kappa shape index (κ1) is 24.4. The van der Waals surface area contributed by atoms with E-state index in [9.17, 15) is 9.59 Å². The monoisotopic (exact) mass is 527 g/mol. The van der Waals surface area contributed by atoms with Crippen LogP contribution in [0.5, 0.6) is 5.75 Å². The number of para-hydroxylation sites is 1. The van der Waals surface area contributed by atoms with Crippen LogP contribution in [0.25, 0.3) is 26.1 Å². The van der Waals surface area contributed by atoms with Gasteiger partial charge in [0, 0.05) is 19.6 Å².